The van der Waals surface area contributed by atoms with E-state index in [4.69, 9.17) is 15.6 Å². The van der Waals surface area contributed by atoms with Crippen LogP contribution in [0.15, 0.2) is 0 Å². The van der Waals surface area contributed by atoms with E-state index in [0.717, 1.165) is 32.7 Å². The molecule has 3 N–H and O–H groups in total. The number of carboxylic acids is 1. The van der Waals surface area contributed by atoms with Crippen molar-refractivity contribution < 1.29 is 14.6 Å². The quantitative estimate of drug-likeness (QED) is 0.705. The highest BCUT2D eigenvalue weighted by Crippen LogP contribution is 2.22. The normalized spacial score (nSPS) is 36.4. The third-order valence-electron chi connectivity index (χ3n) is 3.58. The van der Waals surface area contributed by atoms with Crippen LogP contribution in [0.2, 0.25) is 0 Å². The Balaban J connectivity index is 1.82. The highest BCUT2D eigenvalue weighted by atomic mass is 16.5. The predicted molar refractivity (Wildman–Crippen MR) is 59.2 cm³/mol. The Morgan fingerprint density at radius 3 is 3.00 bits per heavy atom. The molecule has 2 fully saturated rings. The fraction of sp³-hybridized carbons (Fsp3) is 0.909. The van der Waals surface area contributed by atoms with Crippen LogP contribution < -0.4 is 5.73 Å². The fourth-order valence-electron chi connectivity index (χ4n) is 2.56. The second-order valence-corrected chi connectivity index (χ2v) is 5.03. The molecule has 2 atom stereocenters. The highest BCUT2D eigenvalue weighted by Gasteiger charge is 2.41. The molecule has 0 amide bonds. The van der Waals surface area contributed by atoms with Crippen LogP contribution in [0.3, 0.4) is 0 Å². The van der Waals surface area contributed by atoms with Crippen LogP contribution in [0.5, 0.6) is 0 Å². The summed E-state index contributed by atoms with van der Waals surface area (Å²) in [7, 11) is 0. The molecule has 0 aliphatic carbocycles. The van der Waals surface area contributed by atoms with Crippen molar-refractivity contribution in [1.82, 2.24) is 4.90 Å². The first-order valence-electron chi connectivity index (χ1n) is 5.92. The summed E-state index contributed by atoms with van der Waals surface area (Å²) in [4.78, 5) is 13.1. The Morgan fingerprint density at radius 1 is 1.62 bits per heavy atom. The number of hydrogen-bond donors (Lipinski definition) is 2. The zero-order chi connectivity index (χ0) is 11.6. The van der Waals surface area contributed by atoms with Gasteiger partial charge in [0.1, 0.15) is 5.54 Å². The van der Waals surface area contributed by atoms with Crippen LogP contribution in [0.25, 0.3) is 0 Å². The smallest absolute Gasteiger partial charge is 0.325 e. The maximum atomic E-state index is 11.0. The van der Waals surface area contributed by atoms with Crippen molar-refractivity contribution in [2.45, 2.75) is 24.8 Å². The van der Waals surface area contributed by atoms with Crippen molar-refractivity contribution in [2.75, 3.05) is 32.8 Å². The molecule has 0 saturated carbocycles. The molecule has 0 aromatic rings. The van der Waals surface area contributed by atoms with E-state index >= 15 is 0 Å². The zero-order valence-electron chi connectivity index (χ0n) is 9.52. The molecule has 0 aromatic carbocycles. The lowest BCUT2D eigenvalue weighted by Crippen LogP contribution is -2.50. The standard InChI is InChI=1S/C11H20N2O3/c12-11(10(14)15)3-4-13(8-11)6-9-2-1-5-16-7-9/h9H,1-8,12H2,(H,14,15). The summed E-state index contributed by atoms with van der Waals surface area (Å²) in [5.74, 6) is -0.334. The van der Waals surface area contributed by atoms with Crippen molar-refractivity contribution in [3.05, 3.63) is 0 Å². The van der Waals surface area contributed by atoms with Gasteiger partial charge in [0.05, 0.1) is 6.61 Å². The summed E-state index contributed by atoms with van der Waals surface area (Å²) in [5, 5.41) is 9.02. The Bertz CT molecular complexity index is 266. The maximum Gasteiger partial charge on any atom is 0.325 e. The van der Waals surface area contributed by atoms with Crippen molar-refractivity contribution in [2.24, 2.45) is 11.7 Å². The summed E-state index contributed by atoms with van der Waals surface area (Å²) < 4.78 is 5.42. The van der Waals surface area contributed by atoms with E-state index in [1.54, 1.807) is 0 Å². The average Bonchev–Trinajstić information content (AvgIpc) is 2.63. The molecule has 0 spiro atoms. The van der Waals surface area contributed by atoms with E-state index in [-0.39, 0.29) is 0 Å². The largest absolute Gasteiger partial charge is 0.480 e. The van der Waals surface area contributed by atoms with Crippen LogP contribution >= 0.6 is 0 Å². The third-order valence-corrected chi connectivity index (χ3v) is 3.58. The van der Waals surface area contributed by atoms with E-state index in [0.29, 0.717) is 18.9 Å². The Labute approximate surface area is 95.5 Å². The van der Waals surface area contributed by atoms with Crippen LogP contribution in [-0.4, -0.2) is 54.4 Å². The van der Waals surface area contributed by atoms with E-state index in [1.807, 2.05) is 0 Å². The Morgan fingerprint density at radius 2 is 2.44 bits per heavy atom. The van der Waals surface area contributed by atoms with Gasteiger partial charge < -0.3 is 20.5 Å². The number of nitrogens with two attached hydrogens (primary N) is 1. The van der Waals surface area contributed by atoms with E-state index in [9.17, 15) is 4.79 Å². The van der Waals surface area contributed by atoms with Crippen molar-refractivity contribution in [3.63, 3.8) is 0 Å². The number of likely N-dealkylation sites (tertiary alicyclic amines) is 1. The summed E-state index contributed by atoms with van der Waals surface area (Å²) in [6.07, 6.45) is 2.85. The van der Waals surface area contributed by atoms with E-state index < -0.39 is 11.5 Å². The predicted octanol–water partition coefficient (Wildman–Crippen LogP) is -0.0992. The molecule has 92 valence electrons. The molecular weight excluding hydrogens is 208 g/mol. The third kappa shape index (κ3) is 2.53. The second kappa shape index (κ2) is 4.69. The minimum atomic E-state index is -1.03. The number of hydrogen-bond acceptors (Lipinski definition) is 4. The van der Waals surface area contributed by atoms with Gasteiger partial charge >= 0.3 is 5.97 Å². The Kier molecular flexibility index (Phi) is 3.47. The fourth-order valence-corrected chi connectivity index (χ4v) is 2.56. The minimum Gasteiger partial charge on any atom is -0.480 e. The summed E-state index contributed by atoms with van der Waals surface area (Å²) in [6.45, 7) is 3.86. The molecule has 2 unspecified atom stereocenters. The highest BCUT2D eigenvalue weighted by molar-refractivity contribution is 5.79. The Hall–Kier alpha value is -0.650. The number of nitrogens with zero attached hydrogens (tertiary/aromatic N) is 1. The molecule has 2 aliphatic heterocycles. The zero-order valence-corrected chi connectivity index (χ0v) is 9.52. The maximum absolute atomic E-state index is 11.0. The molecule has 2 aliphatic rings. The molecule has 5 nitrogen and oxygen atoms in total. The van der Waals surface area contributed by atoms with Gasteiger partial charge in [0.2, 0.25) is 0 Å². The minimum absolute atomic E-state index is 0.471. The molecule has 0 radical (unpaired) electrons. The van der Waals surface area contributed by atoms with Gasteiger partial charge in [-0.3, -0.25) is 4.79 Å². The summed E-state index contributed by atoms with van der Waals surface area (Å²) in [5.41, 5.74) is 4.79. The first kappa shape index (κ1) is 11.8. The van der Waals surface area contributed by atoms with Gasteiger partial charge in [0.25, 0.3) is 0 Å². The lowest BCUT2D eigenvalue weighted by atomic mass is 10.0. The topological polar surface area (TPSA) is 75.8 Å². The van der Waals surface area contributed by atoms with E-state index in [1.165, 1.54) is 6.42 Å². The van der Waals surface area contributed by atoms with Crippen LogP contribution in [-0.2, 0) is 9.53 Å². The van der Waals surface area contributed by atoms with Gasteiger partial charge in [0.15, 0.2) is 0 Å². The number of aliphatic carboxylic acids is 1. The van der Waals surface area contributed by atoms with Crippen LogP contribution in [0, 0.1) is 5.92 Å². The van der Waals surface area contributed by atoms with Crippen molar-refractivity contribution >= 4 is 5.97 Å². The van der Waals surface area contributed by atoms with Crippen molar-refractivity contribution in [3.8, 4) is 0 Å². The SMILES string of the molecule is NC1(C(=O)O)CCN(CC2CCCOC2)C1. The van der Waals surface area contributed by atoms with Crippen LogP contribution in [0.1, 0.15) is 19.3 Å². The molecule has 2 rings (SSSR count). The van der Waals surface area contributed by atoms with Gasteiger partial charge in [-0.25, -0.2) is 0 Å². The number of carboxylic acid groups (broad SMARTS) is 1. The van der Waals surface area contributed by atoms with Crippen LogP contribution in [0.4, 0.5) is 0 Å². The monoisotopic (exact) mass is 228 g/mol. The number of ether oxygens (including phenoxy) is 1. The summed E-state index contributed by atoms with van der Waals surface area (Å²) in [6, 6.07) is 0. The van der Waals surface area contributed by atoms with Gasteiger partial charge in [-0.05, 0) is 25.2 Å². The van der Waals surface area contributed by atoms with Gasteiger partial charge in [-0.1, -0.05) is 0 Å². The molecular formula is C11H20N2O3. The number of carbonyl (C=O) groups is 1. The summed E-state index contributed by atoms with van der Waals surface area (Å²) >= 11 is 0. The van der Waals surface area contributed by atoms with Gasteiger partial charge in [-0.2, -0.15) is 0 Å². The lowest BCUT2D eigenvalue weighted by Gasteiger charge is -2.27. The first-order valence-corrected chi connectivity index (χ1v) is 5.92. The molecule has 16 heavy (non-hydrogen) atoms. The molecule has 0 aromatic heterocycles. The molecule has 5 heteroatoms. The molecule has 2 saturated heterocycles. The van der Waals surface area contributed by atoms with E-state index in [2.05, 4.69) is 4.90 Å². The molecule has 0 bridgehead atoms. The van der Waals surface area contributed by atoms with Gasteiger partial charge in [-0.15, -0.1) is 0 Å². The average molecular weight is 228 g/mol. The first-order chi connectivity index (χ1) is 7.60. The number of rotatable bonds is 3. The molecule has 2 heterocycles. The van der Waals surface area contributed by atoms with Gasteiger partial charge in [0, 0.05) is 26.2 Å². The second-order valence-electron chi connectivity index (χ2n) is 5.03. The van der Waals surface area contributed by atoms with Crippen molar-refractivity contribution in [1.29, 1.82) is 0 Å². The lowest BCUT2D eigenvalue weighted by molar-refractivity contribution is -0.142.